The summed E-state index contributed by atoms with van der Waals surface area (Å²) in [7, 11) is 0.886. The van der Waals surface area contributed by atoms with Gasteiger partial charge in [-0.25, -0.2) is 13.9 Å². The van der Waals surface area contributed by atoms with Crippen molar-refractivity contribution in [3.8, 4) is 0 Å². The van der Waals surface area contributed by atoms with E-state index in [4.69, 9.17) is 0 Å². The standard InChI is InChI=1S/C9H17N3OS/c1-9(2,3)14(13)11-5-8-6-12(4)7-10-8/h6-7,11H,5H2,1-4H3. The summed E-state index contributed by atoms with van der Waals surface area (Å²) < 4.78 is 16.2. The molecule has 0 radical (unpaired) electrons. The Bertz CT molecular complexity index is 327. The van der Waals surface area contributed by atoms with Gasteiger partial charge in [-0.05, 0) is 20.8 Å². The molecular weight excluding hydrogens is 198 g/mol. The molecule has 0 aromatic carbocycles. The first-order chi connectivity index (χ1) is 6.39. The smallest absolute Gasteiger partial charge is 0.0973 e. The van der Waals surface area contributed by atoms with Gasteiger partial charge in [-0.3, -0.25) is 0 Å². The fourth-order valence-electron chi connectivity index (χ4n) is 0.914. The van der Waals surface area contributed by atoms with Gasteiger partial charge >= 0.3 is 0 Å². The summed E-state index contributed by atoms with van der Waals surface area (Å²) in [6, 6.07) is 0. The number of nitrogens with one attached hydrogen (secondary N) is 1. The minimum atomic E-state index is -1.03. The molecule has 0 aliphatic heterocycles. The summed E-state index contributed by atoms with van der Waals surface area (Å²) >= 11 is 0. The Labute approximate surface area is 87.3 Å². The lowest BCUT2D eigenvalue weighted by molar-refractivity contribution is 0.634. The van der Waals surface area contributed by atoms with E-state index >= 15 is 0 Å². The van der Waals surface area contributed by atoms with Crippen LogP contribution in [-0.4, -0.2) is 18.5 Å². The van der Waals surface area contributed by atoms with Crippen LogP contribution in [0.4, 0.5) is 0 Å². The maximum absolute atomic E-state index is 11.6. The lowest BCUT2D eigenvalue weighted by Crippen LogP contribution is -2.32. The molecule has 0 aliphatic rings. The molecule has 0 saturated carbocycles. The van der Waals surface area contributed by atoms with E-state index in [1.165, 1.54) is 0 Å². The van der Waals surface area contributed by atoms with Crippen molar-refractivity contribution < 1.29 is 4.21 Å². The van der Waals surface area contributed by atoms with Crippen molar-refractivity contribution in [2.24, 2.45) is 7.05 Å². The molecule has 1 atom stereocenters. The fourth-order valence-corrected chi connectivity index (χ4v) is 1.63. The van der Waals surface area contributed by atoms with Gasteiger partial charge in [0.15, 0.2) is 0 Å². The molecule has 5 heteroatoms. The van der Waals surface area contributed by atoms with Crippen LogP contribution in [0.2, 0.25) is 0 Å². The van der Waals surface area contributed by atoms with Crippen molar-refractivity contribution in [3.63, 3.8) is 0 Å². The highest BCUT2D eigenvalue weighted by molar-refractivity contribution is 7.84. The Balaban J connectivity index is 2.46. The zero-order valence-corrected chi connectivity index (χ0v) is 9.89. The molecular formula is C9H17N3OS. The molecule has 1 rings (SSSR count). The lowest BCUT2D eigenvalue weighted by Gasteiger charge is -2.17. The SMILES string of the molecule is Cn1cnc(CNS(=O)C(C)(C)C)c1. The van der Waals surface area contributed by atoms with E-state index in [1.807, 2.05) is 38.6 Å². The second kappa shape index (κ2) is 4.23. The molecule has 0 bridgehead atoms. The van der Waals surface area contributed by atoms with Crippen molar-refractivity contribution in [2.45, 2.75) is 32.1 Å². The van der Waals surface area contributed by atoms with Crippen LogP contribution < -0.4 is 4.72 Å². The molecule has 4 nitrogen and oxygen atoms in total. The van der Waals surface area contributed by atoms with Crippen LogP contribution in [0.1, 0.15) is 26.5 Å². The maximum Gasteiger partial charge on any atom is 0.0973 e. The summed E-state index contributed by atoms with van der Waals surface area (Å²) in [6.07, 6.45) is 3.64. The van der Waals surface area contributed by atoms with Gasteiger partial charge < -0.3 is 4.57 Å². The van der Waals surface area contributed by atoms with Gasteiger partial charge in [0, 0.05) is 13.2 Å². The molecule has 1 heterocycles. The summed E-state index contributed by atoms with van der Waals surface area (Å²) in [5.74, 6) is 0. The molecule has 0 aliphatic carbocycles. The van der Waals surface area contributed by atoms with Gasteiger partial charge in [-0.1, -0.05) is 0 Å². The predicted octanol–water partition coefficient (Wildman–Crippen LogP) is 0.972. The molecule has 1 aromatic heterocycles. The molecule has 1 aromatic rings. The summed E-state index contributed by atoms with van der Waals surface area (Å²) in [5.41, 5.74) is 0.908. The molecule has 0 amide bonds. The van der Waals surface area contributed by atoms with Crippen molar-refractivity contribution in [2.75, 3.05) is 0 Å². The van der Waals surface area contributed by atoms with Gasteiger partial charge in [0.1, 0.15) is 0 Å². The van der Waals surface area contributed by atoms with Crippen molar-refractivity contribution in [1.29, 1.82) is 0 Å². The van der Waals surface area contributed by atoms with E-state index in [1.54, 1.807) is 6.33 Å². The highest BCUT2D eigenvalue weighted by Gasteiger charge is 2.18. The van der Waals surface area contributed by atoms with Gasteiger partial charge in [0.25, 0.3) is 0 Å². The van der Waals surface area contributed by atoms with Crippen molar-refractivity contribution >= 4 is 11.0 Å². The number of hydrogen-bond donors (Lipinski definition) is 1. The Kier molecular flexibility index (Phi) is 3.44. The highest BCUT2D eigenvalue weighted by Crippen LogP contribution is 2.09. The van der Waals surface area contributed by atoms with Gasteiger partial charge in [0.2, 0.25) is 0 Å². The third-order valence-electron chi connectivity index (χ3n) is 1.70. The number of hydrogen-bond acceptors (Lipinski definition) is 2. The van der Waals surface area contributed by atoms with Crippen LogP contribution in [0.15, 0.2) is 12.5 Å². The third kappa shape index (κ3) is 3.23. The lowest BCUT2D eigenvalue weighted by atomic mass is 10.3. The first-order valence-electron chi connectivity index (χ1n) is 4.52. The molecule has 1 unspecified atom stereocenters. The van der Waals surface area contributed by atoms with Crippen LogP contribution >= 0.6 is 0 Å². The number of imidazole rings is 1. The largest absolute Gasteiger partial charge is 0.340 e. The normalized spacial score (nSPS) is 14.3. The summed E-state index contributed by atoms with van der Waals surface area (Å²) in [5, 5.41) is 0. The second-order valence-electron chi connectivity index (χ2n) is 4.23. The van der Waals surface area contributed by atoms with Gasteiger partial charge in [-0.2, -0.15) is 0 Å². The van der Waals surface area contributed by atoms with E-state index in [-0.39, 0.29) is 4.75 Å². The molecule has 1 N–H and O–H groups in total. The van der Waals surface area contributed by atoms with Crippen LogP contribution in [0.25, 0.3) is 0 Å². The molecule has 80 valence electrons. The van der Waals surface area contributed by atoms with Crippen LogP contribution in [0.3, 0.4) is 0 Å². The Morgan fingerprint density at radius 2 is 2.21 bits per heavy atom. The number of rotatable bonds is 3. The van der Waals surface area contributed by atoms with E-state index in [0.717, 1.165) is 5.69 Å². The van der Waals surface area contributed by atoms with Crippen molar-refractivity contribution in [3.05, 3.63) is 18.2 Å². The topological polar surface area (TPSA) is 46.9 Å². The number of nitrogens with zero attached hydrogens (tertiary/aromatic N) is 2. The van der Waals surface area contributed by atoms with Gasteiger partial charge in [0.05, 0.1) is 34.3 Å². The van der Waals surface area contributed by atoms with Crippen molar-refractivity contribution in [1.82, 2.24) is 14.3 Å². The van der Waals surface area contributed by atoms with Crippen LogP contribution in [-0.2, 0) is 24.6 Å². The van der Waals surface area contributed by atoms with Crippen LogP contribution in [0, 0.1) is 0 Å². The van der Waals surface area contributed by atoms with E-state index in [2.05, 4.69) is 9.71 Å². The fraction of sp³-hybridized carbons (Fsp3) is 0.667. The minimum absolute atomic E-state index is 0.227. The zero-order valence-electron chi connectivity index (χ0n) is 9.07. The predicted molar refractivity (Wildman–Crippen MR) is 57.9 cm³/mol. The maximum atomic E-state index is 11.6. The van der Waals surface area contributed by atoms with E-state index in [0.29, 0.717) is 6.54 Å². The Hall–Kier alpha value is -0.680. The Morgan fingerprint density at radius 1 is 1.57 bits per heavy atom. The average Bonchev–Trinajstić information content (AvgIpc) is 2.45. The highest BCUT2D eigenvalue weighted by atomic mass is 32.2. The molecule has 14 heavy (non-hydrogen) atoms. The molecule has 0 fully saturated rings. The number of aryl methyl sites for hydroxylation is 1. The summed E-state index contributed by atoms with van der Waals surface area (Å²) in [4.78, 5) is 4.14. The average molecular weight is 215 g/mol. The Morgan fingerprint density at radius 3 is 2.64 bits per heavy atom. The van der Waals surface area contributed by atoms with E-state index < -0.39 is 11.0 Å². The van der Waals surface area contributed by atoms with E-state index in [9.17, 15) is 4.21 Å². The zero-order chi connectivity index (χ0) is 10.8. The second-order valence-corrected chi connectivity index (χ2v) is 6.28. The van der Waals surface area contributed by atoms with Crippen LogP contribution in [0.5, 0.6) is 0 Å². The number of aromatic nitrogens is 2. The monoisotopic (exact) mass is 215 g/mol. The first-order valence-corrected chi connectivity index (χ1v) is 5.67. The minimum Gasteiger partial charge on any atom is -0.340 e. The van der Waals surface area contributed by atoms with Gasteiger partial charge in [-0.15, -0.1) is 0 Å². The summed E-state index contributed by atoms with van der Waals surface area (Å²) in [6.45, 7) is 6.36. The molecule has 0 saturated heterocycles. The first kappa shape index (κ1) is 11.4. The quantitative estimate of drug-likeness (QED) is 0.816. The molecule has 0 spiro atoms. The third-order valence-corrected chi connectivity index (χ3v) is 3.22.